The number of hydrogen-bond donors (Lipinski definition) is 3. The minimum atomic E-state index is -3.77. The molecule has 0 saturated heterocycles. The second-order valence-corrected chi connectivity index (χ2v) is 6.05. The van der Waals surface area contributed by atoms with Gasteiger partial charge in [0.25, 0.3) is 0 Å². The van der Waals surface area contributed by atoms with Gasteiger partial charge in [-0.3, -0.25) is 9.78 Å². The number of nitrogens with zero attached hydrogens (tertiary/aromatic N) is 1. The van der Waals surface area contributed by atoms with Gasteiger partial charge in [0.05, 0.1) is 12.2 Å². The van der Waals surface area contributed by atoms with Gasteiger partial charge >= 0.3 is 0 Å². The lowest BCUT2D eigenvalue weighted by Crippen LogP contribution is -2.38. The number of sulfonamides is 1. The largest absolute Gasteiger partial charge is 0.352 e. The van der Waals surface area contributed by atoms with Crippen molar-refractivity contribution in [3.63, 3.8) is 0 Å². The molecule has 8 heteroatoms. The predicted octanol–water partition coefficient (Wildman–Crippen LogP) is -0.903. The molecule has 104 valence electrons. The number of rotatable bonds is 6. The minimum absolute atomic E-state index is 0.0109. The zero-order chi connectivity index (χ0) is 13.9. The van der Waals surface area contributed by atoms with Crippen molar-refractivity contribution in [3.05, 3.63) is 24.0 Å². The SMILES string of the molecule is NCc1ncccc1S(=O)(=O)NCC(=O)NC1CC1. The Labute approximate surface area is 111 Å². The van der Waals surface area contributed by atoms with Crippen LogP contribution in [0.4, 0.5) is 0 Å². The van der Waals surface area contributed by atoms with Crippen LogP contribution in [0, 0.1) is 0 Å². The van der Waals surface area contributed by atoms with E-state index in [1.54, 1.807) is 0 Å². The normalized spacial score (nSPS) is 15.2. The van der Waals surface area contributed by atoms with E-state index in [-0.39, 0.29) is 35.6 Å². The number of nitrogens with two attached hydrogens (primary N) is 1. The first-order valence-electron chi connectivity index (χ1n) is 5.96. The minimum Gasteiger partial charge on any atom is -0.352 e. The third kappa shape index (κ3) is 3.72. The van der Waals surface area contributed by atoms with E-state index in [0.29, 0.717) is 0 Å². The van der Waals surface area contributed by atoms with Gasteiger partial charge < -0.3 is 11.1 Å². The van der Waals surface area contributed by atoms with E-state index in [1.165, 1.54) is 18.3 Å². The molecule has 1 saturated carbocycles. The molecule has 2 rings (SSSR count). The number of hydrogen-bond acceptors (Lipinski definition) is 5. The molecular weight excluding hydrogens is 268 g/mol. The number of carbonyl (C=O) groups excluding carboxylic acids is 1. The maximum atomic E-state index is 12.0. The molecule has 1 aromatic rings. The number of aromatic nitrogens is 1. The van der Waals surface area contributed by atoms with Crippen molar-refractivity contribution < 1.29 is 13.2 Å². The summed E-state index contributed by atoms with van der Waals surface area (Å²) >= 11 is 0. The molecule has 1 aliphatic carbocycles. The summed E-state index contributed by atoms with van der Waals surface area (Å²) in [6.45, 7) is -0.261. The fraction of sp³-hybridized carbons (Fsp3) is 0.455. The number of amides is 1. The third-order valence-electron chi connectivity index (χ3n) is 2.70. The van der Waals surface area contributed by atoms with Crippen molar-refractivity contribution in [2.45, 2.75) is 30.3 Å². The highest BCUT2D eigenvalue weighted by molar-refractivity contribution is 7.89. The Morgan fingerprint density at radius 3 is 2.84 bits per heavy atom. The van der Waals surface area contributed by atoms with Crippen LogP contribution in [0.5, 0.6) is 0 Å². The molecule has 0 spiro atoms. The third-order valence-corrected chi connectivity index (χ3v) is 4.17. The fourth-order valence-corrected chi connectivity index (χ4v) is 2.75. The van der Waals surface area contributed by atoms with Gasteiger partial charge in [-0.15, -0.1) is 0 Å². The Morgan fingerprint density at radius 2 is 2.21 bits per heavy atom. The molecule has 1 aliphatic rings. The van der Waals surface area contributed by atoms with Crippen molar-refractivity contribution in [3.8, 4) is 0 Å². The van der Waals surface area contributed by atoms with E-state index in [1.807, 2.05) is 0 Å². The van der Waals surface area contributed by atoms with Crippen LogP contribution in [0.1, 0.15) is 18.5 Å². The molecule has 0 aromatic carbocycles. The summed E-state index contributed by atoms with van der Waals surface area (Å²) in [5.41, 5.74) is 5.72. The lowest BCUT2D eigenvalue weighted by molar-refractivity contribution is -0.120. The van der Waals surface area contributed by atoms with Crippen LogP contribution in [0.25, 0.3) is 0 Å². The summed E-state index contributed by atoms with van der Waals surface area (Å²) < 4.78 is 26.3. The van der Waals surface area contributed by atoms with Crippen LogP contribution in [-0.4, -0.2) is 31.9 Å². The van der Waals surface area contributed by atoms with Crippen LogP contribution in [0.3, 0.4) is 0 Å². The average Bonchev–Trinajstić information content (AvgIpc) is 3.20. The van der Waals surface area contributed by atoms with Crippen molar-refractivity contribution in [1.82, 2.24) is 15.0 Å². The maximum Gasteiger partial charge on any atom is 0.242 e. The van der Waals surface area contributed by atoms with E-state index < -0.39 is 10.0 Å². The zero-order valence-electron chi connectivity index (χ0n) is 10.3. The Balaban J connectivity index is 2.02. The molecule has 0 unspecified atom stereocenters. The average molecular weight is 284 g/mol. The first-order valence-corrected chi connectivity index (χ1v) is 7.44. The summed E-state index contributed by atoms with van der Waals surface area (Å²) in [6.07, 6.45) is 3.39. The Bertz CT molecular complexity index is 569. The van der Waals surface area contributed by atoms with Crippen LogP contribution in [-0.2, 0) is 21.4 Å². The van der Waals surface area contributed by atoms with Gasteiger partial charge in [0.2, 0.25) is 15.9 Å². The van der Waals surface area contributed by atoms with Gasteiger partial charge in [0, 0.05) is 18.8 Å². The smallest absolute Gasteiger partial charge is 0.242 e. The molecule has 0 aliphatic heterocycles. The highest BCUT2D eigenvalue weighted by Gasteiger charge is 2.24. The monoisotopic (exact) mass is 284 g/mol. The van der Waals surface area contributed by atoms with Crippen molar-refractivity contribution in [2.75, 3.05) is 6.54 Å². The quantitative estimate of drug-likeness (QED) is 0.626. The highest BCUT2D eigenvalue weighted by Crippen LogP contribution is 2.18. The van der Waals surface area contributed by atoms with Gasteiger partial charge in [-0.25, -0.2) is 13.1 Å². The Morgan fingerprint density at radius 1 is 1.47 bits per heavy atom. The molecule has 0 radical (unpaired) electrons. The molecule has 19 heavy (non-hydrogen) atoms. The summed E-state index contributed by atoms with van der Waals surface area (Å²) in [5.74, 6) is -0.329. The van der Waals surface area contributed by atoms with Gasteiger partial charge in [0.15, 0.2) is 0 Å². The molecule has 1 aromatic heterocycles. The van der Waals surface area contributed by atoms with Gasteiger partial charge in [0.1, 0.15) is 4.90 Å². The zero-order valence-corrected chi connectivity index (χ0v) is 11.1. The lowest BCUT2D eigenvalue weighted by atomic mass is 10.3. The highest BCUT2D eigenvalue weighted by atomic mass is 32.2. The molecule has 4 N–H and O–H groups in total. The van der Waals surface area contributed by atoms with Crippen LogP contribution in [0.15, 0.2) is 23.2 Å². The predicted molar refractivity (Wildman–Crippen MR) is 68.5 cm³/mol. The van der Waals surface area contributed by atoms with Gasteiger partial charge in [-0.1, -0.05) is 0 Å². The van der Waals surface area contributed by atoms with Crippen LogP contribution >= 0.6 is 0 Å². The maximum absolute atomic E-state index is 12.0. The molecule has 1 amide bonds. The first-order chi connectivity index (χ1) is 9.03. The van der Waals surface area contributed by atoms with Crippen LogP contribution in [0.2, 0.25) is 0 Å². The van der Waals surface area contributed by atoms with E-state index in [4.69, 9.17) is 5.73 Å². The summed E-state index contributed by atoms with van der Waals surface area (Å²) in [4.78, 5) is 15.4. The van der Waals surface area contributed by atoms with Gasteiger partial charge in [-0.2, -0.15) is 0 Å². The second kappa shape index (κ2) is 5.64. The fourth-order valence-electron chi connectivity index (χ4n) is 1.57. The van der Waals surface area contributed by atoms with E-state index >= 15 is 0 Å². The summed E-state index contributed by atoms with van der Waals surface area (Å²) in [7, 11) is -3.77. The molecule has 0 atom stereocenters. The lowest BCUT2D eigenvalue weighted by Gasteiger charge is -2.09. The van der Waals surface area contributed by atoms with Crippen LogP contribution < -0.4 is 15.8 Å². The molecular formula is C11H16N4O3S. The Hall–Kier alpha value is -1.51. The van der Waals surface area contributed by atoms with Crippen molar-refractivity contribution in [2.24, 2.45) is 5.73 Å². The summed E-state index contributed by atoms with van der Waals surface area (Å²) in [5, 5.41) is 2.70. The standard InChI is InChI=1S/C11H16N4O3S/c12-6-9-10(2-1-5-13-9)19(17,18)14-7-11(16)15-8-3-4-8/h1-2,5,8,14H,3-4,6-7,12H2,(H,15,16). The first kappa shape index (κ1) is 13.9. The van der Waals surface area contributed by atoms with Gasteiger partial charge in [-0.05, 0) is 25.0 Å². The second-order valence-electron chi connectivity index (χ2n) is 4.32. The van der Waals surface area contributed by atoms with Crippen molar-refractivity contribution >= 4 is 15.9 Å². The molecule has 1 heterocycles. The van der Waals surface area contributed by atoms with E-state index in [0.717, 1.165) is 12.8 Å². The molecule has 0 bridgehead atoms. The number of nitrogens with one attached hydrogen (secondary N) is 2. The summed E-state index contributed by atoms with van der Waals surface area (Å²) in [6, 6.07) is 3.13. The Kier molecular flexibility index (Phi) is 4.13. The molecule has 1 fully saturated rings. The topological polar surface area (TPSA) is 114 Å². The van der Waals surface area contributed by atoms with E-state index in [9.17, 15) is 13.2 Å². The van der Waals surface area contributed by atoms with E-state index in [2.05, 4.69) is 15.0 Å². The van der Waals surface area contributed by atoms with Crippen molar-refractivity contribution in [1.29, 1.82) is 0 Å². The molecule has 7 nitrogen and oxygen atoms in total. The number of pyridine rings is 1. The number of carbonyl (C=O) groups is 1.